The number of anilines is 2. The molecule has 1 aliphatic heterocycles. The zero-order valence-electron chi connectivity index (χ0n) is 17.6. The SMILES string of the molecule is COC(=O)c1ccc(N2C[C@H](C(=O)OCC(=O)Nc3cccc(C(C)=O)c3)CC2=O)cc1. The van der Waals surface area contributed by atoms with Crippen molar-refractivity contribution in [3.8, 4) is 0 Å². The monoisotopic (exact) mass is 438 g/mol. The summed E-state index contributed by atoms with van der Waals surface area (Å²) >= 11 is 0. The lowest BCUT2D eigenvalue weighted by atomic mass is 10.1. The lowest BCUT2D eigenvalue weighted by Crippen LogP contribution is -2.28. The van der Waals surface area contributed by atoms with Gasteiger partial charge < -0.3 is 19.7 Å². The number of benzene rings is 2. The number of nitrogens with zero attached hydrogens (tertiary/aromatic N) is 1. The Labute approximate surface area is 184 Å². The second-order valence-electron chi connectivity index (χ2n) is 7.24. The highest BCUT2D eigenvalue weighted by atomic mass is 16.5. The molecule has 0 bridgehead atoms. The molecule has 2 aromatic carbocycles. The Kier molecular flexibility index (Phi) is 6.99. The molecule has 0 aliphatic carbocycles. The van der Waals surface area contributed by atoms with E-state index in [1.54, 1.807) is 30.3 Å². The molecule has 2 aromatic rings. The van der Waals surface area contributed by atoms with Crippen LogP contribution in [0.4, 0.5) is 11.4 Å². The standard InChI is InChI=1S/C23H22N2O7/c1-14(26)16-4-3-5-18(10-16)24-20(27)13-32-23(30)17-11-21(28)25(12-17)19-8-6-15(7-9-19)22(29)31-2/h3-10,17H,11-13H2,1-2H3,(H,24,27)/t17-/m1/s1. The van der Waals surface area contributed by atoms with Gasteiger partial charge in [-0.25, -0.2) is 4.79 Å². The molecule has 166 valence electrons. The minimum atomic E-state index is -0.711. The summed E-state index contributed by atoms with van der Waals surface area (Å²) in [4.78, 5) is 61.2. The molecule has 1 aliphatic rings. The molecule has 1 saturated heterocycles. The third-order valence-electron chi connectivity index (χ3n) is 4.96. The molecule has 32 heavy (non-hydrogen) atoms. The number of ketones is 1. The smallest absolute Gasteiger partial charge is 0.337 e. The summed E-state index contributed by atoms with van der Waals surface area (Å²) in [5.74, 6) is -2.81. The van der Waals surface area contributed by atoms with Crippen molar-refractivity contribution in [1.82, 2.24) is 0 Å². The second kappa shape index (κ2) is 9.86. The van der Waals surface area contributed by atoms with E-state index < -0.39 is 30.4 Å². The second-order valence-corrected chi connectivity index (χ2v) is 7.24. The van der Waals surface area contributed by atoms with Crippen molar-refractivity contribution >= 4 is 40.9 Å². The van der Waals surface area contributed by atoms with Crippen molar-refractivity contribution in [1.29, 1.82) is 0 Å². The predicted octanol–water partition coefficient (Wildman–Crippen LogP) is 2.21. The van der Waals surface area contributed by atoms with Gasteiger partial charge in [0.25, 0.3) is 5.91 Å². The van der Waals surface area contributed by atoms with E-state index in [0.717, 1.165) is 0 Å². The fourth-order valence-corrected chi connectivity index (χ4v) is 3.28. The fraction of sp³-hybridized carbons (Fsp3) is 0.261. The van der Waals surface area contributed by atoms with E-state index in [-0.39, 0.29) is 24.7 Å². The van der Waals surface area contributed by atoms with Crippen LogP contribution in [0.25, 0.3) is 0 Å². The van der Waals surface area contributed by atoms with Crippen LogP contribution in [0.2, 0.25) is 0 Å². The van der Waals surface area contributed by atoms with Crippen LogP contribution in [0.5, 0.6) is 0 Å². The Hall–Kier alpha value is -4.01. The molecule has 1 N–H and O–H groups in total. The molecule has 3 rings (SSSR count). The fourth-order valence-electron chi connectivity index (χ4n) is 3.28. The van der Waals surface area contributed by atoms with Crippen molar-refractivity contribution in [2.75, 3.05) is 30.5 Å². The molecular formula is C23H22N2O7. The van der Waals surface area contributed by atoms with Crippen molar-refractivity contribution in [3.05, 3.63) is 59.7 Å². The number of ether oxygens (including phenoxy) is 2. The summed E-state index contributed by atoms with van der Waals surface area (Å²) in [6.07, 6.45) is -0.0418. The number of esters is 2. The van der Waals surface area contributed by atoms with Gasteiger partial charge in [-0.05, 0) is 43.3 Å². The maximum atomic E-state index is 12.4. The van der Waals surface area contributed by atoms with Crippen LogP contribution in [-0.4, -0.2) is 49.8 Å². The van der Waals surface area contributed by atoms with Gasteiger partial charge in [0.1, 0.15) is 0 Å². The molecule has 9 nitrogen and oxygen atoms in total. The summed E-state index contributed by atoms with van der Waals surface area (Å²) in [6.45, 7) is 1.02. The van der Waals surface area contributed by atoms with Gasteiger partial charge in [-0.1, -0.05) is 12.1 Å². The van der Waals surface area contributed by atoms with Crippen molar-refractivity contribution in [2.24, 2.45) is 5.92 Å². The minimum Gasteiger partial charge on any atom is -0.465 e. The number of nitrogens with one attached hydrogen (secondary N) is 1. The molecule has 0 unspecified atom stereocenters. The minimum absolute atomic E-state index is 0.0418. The Morgan fingerprint density at radius 2 is 1.78 bits per heavy atom. The molecule has 1 fully saturated rings. The maximum Gasteiger partial charge on any atom is 0.337 e. The van der Waals surface area contributed by atoms with E-state index in [4.69, 9.17) is 4.74 Å². The summed E-state index contributed by atoms with van der Waals surface area (Å²) in [6, 6.07) is 12.7. The van der Waals surface area contributed by atoms with Gasteiger partial charge >= 0.3 is 11.9 Å². The van der Waals surface area contributed by atoms with Gasteiger partial charge in [0, 0.05) is 29.9 Å². The first kappa shape index (κ1) is 22.7. The van der Waals surface area contributed by atoms with E-state index in [2.05, 4.69) is 10.1 Å². The first-order valence-corrected chi connectivity index (χ1v) is 9.84. The number of hydrogen-bond acceptors (Lipinski definition) is 7. The molecule has 1 heterocycles. The number of carbonyl (C=O) groups is 5. The molecule has 0 aromatic heterocycles. The molecule has 2 amide bonds. The van der Waals surface area contributed by atoms with Gasteiger partial charge in [-0.2, -0.15) is 0 Å². The highest BCUT2D eigenvalue weighted by molar-refractivity contribution is 6.01. The number of methoxy groups -OCH3 is 1. The molecule has 0 spiro atoms. The van der Waals surface area contributed by atoms with Crippen molar-refractivity contribution in [2.45, 2.75) is 13.3 Å². The van der Waals surface area contributed by atoms with E-state index in [9.17, 15) is 24.0 Å². The van der Waals surface area contributed by atoms with Crippen LogP contribution in [-0.2, 0) is 23.9 Å². The number of rotatable bonds is 7. The molecular weight excluding hydrogens is 416 g/mol. The van der Waals surface area contributed by atoms with Crippen LogP contribution in [0, 0.1) is 5.92 Å². The first-order chi connectivity index (χ1) is 15.3. The molecule has 1 atom stereocenters. The Bertz CT molecular complexity index is 1060. The third kappa shape index (κ3) is 5.37. The summed E-state index contributed by atoms with van der Waals surface area (Å²) in [5.41, 5.74) is 1.75. The summed E-state index contributed by atoms with van der Waals surface area (Å²) in [5, 5.41) is 2.56. The molecule has 9 heteroatoms. The van der Waals surface area contributed by atoms with Gasteiger partial charge in [0.2, 0.25) is 5.91 Å². The third-order valence-corrected chi connectivity index (χ3v) is 4.96. The number of hydrogen-bond donors (Lipinski definition) is 1. The maximum absolute atomic E-state index is 12.4. The largest absolute Gasteiger partial charge is 0.465 e. The van der Waals surface area contributed by atoms with Crippen LogP contribution in [0.1, 0.15) is 34.1 Å². The van der Waals surface area contributed by atoms with Gasteiger partial charge in [-0.15, -0.1) is 0 Å². The van der Waals surface area contributed by atoms with Gasteiger partial charge in [-0.3, -0.25) is 19.2 Å². The summed E-state index contributed by atoms with van der Waals surface area (Å²) in [7, 11) is 1.28. The van der Waals surface area contributed by atoms with Gasteiger partial charge in [0.15, 0.2) is 12.4 Å². The normalized spacial score (nSPS) is 15.2. The quantitative estimate of drug-likeness (QED) is 0.520. The predicted molar refractivity (Wildman–Crippen MR) is 114 cm³/mol. The molecule has 0 radical (unpaired) electrons. The van der Waals surface area contributed by atoms with Crippen molar-refractivity contribution in [3.63, 3.8) is 0 Å². The zero-order valence-corrected chi connectivity index (χ0v) is 17.6. The van der Waals surface area contributed by atoms with Crippen LogP contribution in [0.3, 0.4) is 0 Å². The van der Waals surface area contributed by atoms with E-state index >= 15 is 0 Å². The molecule has 0 saturated carbocycles. The number of carbonyl (C=O) groups excluding carboxylic acids is 5. The number of Topliss-reactive ketones (excluding diaryl/α,β-unsaturated/α-hetero) is 1. The van der Waals surface area contributed by atoms with E-state index in [0.29, 0.717) is 22.5 Å². The highest BCUT2D eigenvalue weighted by Crippen LogP contribution is 2.26. The van der Waals surface area contributed by atoms with Crippen LogP contribution in [0.15, 0.2) is 48.5 Å². The first-order valence-electron chi connectivity index (χ1n) is 9.84. The van der Waals surface area contributed by atoms with Crippen LogP contribution >= 0.6 is 0 Å². The van der Waals surface area contributed by atoms with Gasteiger partial charge in [0.05, 0.1) is 18.6 Å². The highest BCUT2D eigenvalue weighted by Gasteiger charge is 2.36. The Morgan fingerprint density at radius 3 is 2.44 bits per heavy atom. The lowest BCUT2D eigenvalue weighted by Gasteiger charge is -2.16. The average Bonchev–Trinajstić information content (AvgIpc) is 3.18. The zero-order chi connectivity index (χ0) is 23.3. The Morgan fingerprint density at radius 1 is 1.06 bits per heavy atom. The van der Waals surface area contributed by atoms with E-state index in [1.165, 1.54) is 37.1 Å². The number of amides is 2. The average molecular weight is 438 g/mol. The van der Waals surface area contributed by atoms with Crippen molar-refractivity contribution < 1.29 is 33.4 Å². The lowest BCUT2D eigenvalue weighted by molar-refractivity contribution is -0.151. The van der Waals surface area contributed by atoms with Crippen LogP contribution < -0.4 is 10.2 Å². The summed E-state index contributed by atoms with van der Waals surface area (Å²) < 4.78 is 9.72. The topological polar surface area (TPSA) is 119 Å². The van der Waals surface area contributed by atoms with E-state index in [1.807, 2.05) is 0 Å². The Balaban J connectivity index is 1.53.